The summed E-state index contributed by atoms with van der Waals surface area (Å²) >= 11 is 0. The average Bonchev–Trinajstić information content (AvgIpc) is 3.06. The largest absolute Gasteiger partial charge is 0.316 e. The zero-order valence-electron chi connectivity index (χ0n) is 14.8. The van der Waals surface area contributed by atoms with Crippen molar-refractivity contribution in [3.8, 4) is 0 Å². The third kappa shape index (κ3) is 2.73. The van der Waals surface area contributed by atoms with Crippen LogP contribution in [0.5, 0.6) is 0 Å². The van der Waals surface area contributed by atoms with Gasteiger partial charge in [0.05, 0.1) is 17.4 Å². The fourth-order valence-corrected chi connectivity index (χ4v) is 3.84. The van der Waals surface area contributed by atoms with Crippen LogP contribution in [0.15, 0.2) is 29.1 Å². The molecule has 132 valence electrons. The summed E-state index contributed by atoms with van der Waals surface area (Å²) in [5.74, 6) is 1.52. The SMILES string of the molecule is CCn1c(=O)c2ccccc2n2c(CN3CCCC(NC)C3)nnc12. The second kappa shape index (κ2) is 6.57. The molecule has 7 nitrogen and oxygen atoms in total. The zero-order chi connectivity index (χ0) is 17.4. The van der Waals surface area contributed by atoms with E-state index in [1.807, 2.05) is 42.6 Å². The molecule has 1 fully saturated rings. The smallest absolute Gasteiger partial charge is 0.262 e. The maximum absolute atomic E-state index is 12.7. The maximum Gasteiger partial charge on any atom is 0.262 e. The first-order chi connectivity index (χ1) is 12.2. The molecule has 3 aromatic rings. The Kier molecular flexibility index (Phi) is 4.27. The molecule has 1 aliphatic heterocycles. The standard InChI is InChI=1S/C18H24N6O/c1-3-23-17(25)14-8-4-5-9-15(14)24-16(20-21-18(23)24)12-22-10-6-7-13(11-22)19-2/h4-5,8-9,13,19H,3,6-7,10-12H2,1-2H3. The number of para-hydroxylation sites is 1. The van der Waals surface area contributed by atoms with Gasteiger partial charge in [-0.05, 0) is 45.5 Å². The lowest BCUT2D eigenvalue weighted by Crippen LogP contribution is -2.44. The molecule has 0 spiro atoms. The van der Waals surface area contributed by atoms with Crippen molar-refractivity contribution in [3.05, 3.63) is 40.4 Å². The van der Waals surface area contributed by atoms with E-state index >= 15 is 0 Å². The second-order valence-corrected chi connectivity index (χ2v) is 6.68. The molecule has 0 amide bonds. The maximum atomic E-state index is 12.7. The monoisotopic (exact) mass is 340 g/mol. The van der Waals surface area contributed by atoms with Crippen LogP contribution in [0.3, 0.4) is 0 Å². The summed E-state index contributed by atoms with van der Waals surface area (Å²) in [6, 6.07) is 8.24. The molecule has 2 aromatic heterocycles. The minimum Gasteiger partial charge on any atom is -0.316 e. The number of piperidine rings is 1. The van der Waals surface area contributed by atoms with Crippen LogP contribution in [-0.2, 0) is 13.1 Å². The summed E-state index contributed by atoms with van der Waals surface area (Å²) in [7, 11) is 2.02. The van der Waals surface area contributed by atoms with Gasteiger partial charge in [0.25, 0.3) is 5.56 Å². The Morgan fingerprint density at radius 3 is 2.92 bits per heavy atom. The van der Waals surface area contributed by atoms with Crippen LogP contribution in [0.1, 0.15) is 25.6 Å². The van der Waals surface area contributed by atoms with Crippen LogP contribution in [0.2, 0.25) is 0 Å². The van der Waals surface area contributed by atoms with E-state index in [4.69, 9.17) is 0 Å². The first-order valence-corrected chi connectivity index (χ1v) is 8.98. The molecular weight excluding hydrogens is 316 g/mol. The van der Waals surface area contributed by atoms with E-state index in [-0.39, 0.29) is 5.56 Å². The normalized spacial score (nSPS) is 19.0. The number of rotatable bonds is 4. The van der Waals surface area contributed by atoms with Crippen LogP contribution < -0.4 is 10.9 Å². The number of hydrogen-bond donors (Lipinski definition) is 1. The Bertz CT molecular complexity index is 959. The van der Waals surface area contributed by atoms with Gasteiger partial charge in [0.2, 0.25) is 5.78 Å². The Morgan fingerprint density at radius 2 is 2.12 bits per heavy atom. The summed E-state index contributed by atoms with van der Waals surface area (Å²) < 4.78 is 3.74. The number of nitrogens with zero attached hydrogens (tertiary/aromatic N) is 5. The molecule has 1 unspecified atom stereocenters. The molecule has 1 saturated heterocycles. The summed E-state index contributed by atoms with van der Waals surface area (Å²) in [4.78, 5) is 15.1. The molecule has 1 aromatic carbocycles. The van der Waals surface area contributed by atoms with Crippen molar-refractivity contribution >= 4 is 16.7 Å². The van der Waals surface area contributed by atoms with Gasteiger partial charge in [-0.1, -0.05) is 12.1 Å². The molecule has 25 heavy (non-hydrogen) atoms. The molecule has 0 aliphatic carbocycles. The van der Waals surface area contributed by atoms with Crippen molar-refractivity contribution < 1.29 is 0 Å². The van der Waals surface area contributed by atoms with Gasteiger partial charge in [0.15, 0.2) is 5.82 Å². The molecule has 1 aliphatic rings. The molecule has 0 radical (unpaired) electrons. The zero-order valence-corrected chi connectivity index (χ0v) is 14.8. The fraction of sp³-hybridized carbons (Fsp3) is 0.500. The predicted octanol–water partition coefficient (Wildman–Crippen LogP) is 1.25. The molecule has 7 heteroatoms. The van der Waals surface area contributed by atoms with E-state index in [1.165, 1.54) is 12.8 Å². The van der Waals surface area contributed by atoms with Gasteiger partial charge >= 0.3 is 0 Å². The molecule has 4 rings (SSSR count). The third-order valence-corrected chi connectivity index (χ3v) is 5.17. The Balaban J connectivity index is 1.83. The van der Waals surface area contributed by atoms with Crippen molar-refractivity contribution in [2.24, 2.45) is 0 Å². The summed E-state index contributed by atoms with van der Waals surface area (Å²) in [6.45, 7) is 5.37. The molecule has 0 saturated carbocycles. The fourth-order valence-electron chi connectivity index (χ4n) is 3.84. The lowest BCUT2D eigenvalue weighted by atomic mass is 10.1. The van der Waals surface area contributed by atoms with E-state index in [2.05, 4.69) is 20.4 Å². The number of likely N-dealkylation sites (tertiary alicyclic amines) is 1. The van der Waals surface area contributed by atoms with E-state index < -0.39 is 0 Å². The predicted molar refractivity (Wildman–Crippen MR) is 97.8 cm³/mol. The number of fused-ring (bicyclic) bond motifs is 3. The van der Waals surface area contributed by atoms with E-state index in [1.54, 1.807) is 4.57 Å². The van der Waals surface area contributed by atoms with Crippen LogP contribution >= 0.6 is 0 Å². The van der Waals surface area contributed by atoms with Gasteiger partial charge in [0.1, 0.15) is 0 Å². The summed E-state index contributed by atoms with van der Waals surface area (Å²) in [5, 5.41) is 12.9. The third-order valence-electron chi connectivity index (χ3n) is 5.17. The number of likely N-dealkylation sites (N-methyl/N-ethyl adjacent to an activating group) is 1. The highest BCUT2D eigenvalue weighted by molar-refractivity contribution is 5.80. The van der Waals surface area contributed by atoms with Crippen molar-refractivity contribution in [1.29, 1.82) is 0 Å². The van der Waals surface area contributed by atoms with Gasteiger partial charge in [0, 0.05) is 19.1 Å². The molecule has 1 atom stereocenters. The molecular formula is C18H24N6O. The first-order valence-electron chi connectivity index (χ1n) is 8.98. The first kappa shape index (κ1) is 16.2. The van der Waals surface area contributed by atoms with Crippen molar-refractivity contribution in [3.63, 3.8) is 0 Å². The molecule has 1 N–H and O–H groups in total. The van der Waals surface area contributed by atoms with Crippen molar-refractivity contribution in [2.75, 3.05) is 20.1 Å². The van der Waals surface area contributed by atoms with Crippen molar-refractivity contribution in [1.82, 2.24) is 29.4 Å². The highest BCUT2D eigenvalue weighted by Crippen LogP contribution is 2.17. The minimum atomic E-state index is -0.00207. The van der Waals surface area contributed by atoms with Crippen molar-refractivity contribution in [2.45, 2.75) is 38.9 Å². The molecule has 0 bridgehead atoms. The number of benzene rings is 1. The summed E-state index contributed by atoms with van der Waals surface area (Å²) in [6.07, 6.45) is 2.40. The van der Waals surface area contributed by atoms with E-state index in [0.29, 0.717) is 23.8 Å². The second-order valence-electron chi connectivity index (χ2n) is 6.68. The highest BCUT2D eigenvalue weighted by Gasteiger charge is 2.22. The van der Waals surface area contributed by atoms with Crippen LogP contribution in [-0.4, -0.2) is 50.2 Å². The quantitative estimate of drug-likeness (QED) is 0.774. The number of hydrogen-bond acceptors (Lipinski definition) is 5. The average molecular weight is 340 g/mol. The minimum absolute atomic E-state index is 0.00207. The van der Waals surface area contributed by atoms with E-state index in [0.717, 1.165) is 31.0 Å². The van der Waals surface area contributed by atoms with Gasteiger partial charge in [-0.2, -0.15) is 0 Å². The Morgan fingerprint density at radius 1 is 1.28 bits per heavy atom. The van der Waals surface area contributed by atoms with Crippen LogP contribution in [0.25, 0.3) is 16.7 Å². The van der Waals surface area contributed by atoms with Gasteiger partial charge < -0.3 is 5.32 Å². The molecule has 3 heterocycles. The number of nitrogens with one attached hydrogen (secondary N) is 1. The summed E-state index contributed by atoms with van der Waals surface area (Å²) in [5.41, 5.74) is 0.882. The Hall–Kier alpha value is -2.25. The van der Waals surface area contributed by atoms with Gasteiger partial charge in [-0.3, -0.25) is 18.7 Å². The topological polar surface area (TPSA) is 67.5 Å². The lowest BCUT2D eigenvalue weighted by molar-refractivity contribution is 0.183. The Labute approximate surface area is 146 Å². The van der Waals surface area contributed by atoms with Gasteiger partial charge in [-0.25, -0.2) is 0 Å². The lowest BCUT2D eigenvalue weighted by Gasteiger charge is -2.31. The van der Waals surface area contributed by atoms with E-state index in [9.17, 15) is 4.79 Å². The van der Waals surface area contributed by atoms with Gasteiger partial charge in [-0.15, -0.1) is 10.2 Å². The number of aryl methyl sites for hydroxylation is 1. The number of aromatic nitrogens is 4. The van der Waals surface area contributed by atoms with Crippen LogP contribution in [0.4, 0.5) is 0 Å². The highest BCUT2D eigenvalue weighted by atomic mass is 16.1. The van der Waals surface area contributed by atoms with Crippen LogP contribution in [0, 0.1) is 0 Å².